The van der Waals surface area contributed by atoms with Crippen molar-refractivity contribution in [1.29, 1.82) is 0 Å². The van der Waals surface area contributed by atoms with Gasteiger partial charge >= 0.3 is 0 Å². The number of nitrogens with one attached hydrogen (secondary N) is 2. The zero-order chi connectivity index (χ0) is 11.4. The third-order valence-corrected chi connectivity index (χ3v) is 4.08. The van der Waals surface area contributed by atoms with E-state index in [1.807, 2.05) is 6.08 Å². The molecule has 2 aromatic rings. The highest BCUT2D eigenvalue weighted by atomic mass is 15.2. The Balaban J connectivity index is 1.70. The molecule has 86 valence electrons. The van der Waals surface area contributed by atoms with Gasteiger partial charge < -0.3 is 0 Å². The fourth-order valence-electron chi connectivity index (χ4n) is 3.28. The lowest BCUT2D eigenvalue weighted by Crippen LogP contribution is -1.93. The van der Waals surface area contributed by atoms with E-state index in [1.165, 1.54) is 17.6 Å². The number of fused-ring (bicyclic) bond motifs is 3. The predicted octanol–water partition coefficient (Wildman–Crippen LogP) is 1.66. The van der Waals surface area contributed by atoms with Crippen molar-refractivity contribution in [2.45, 2.75) is 18.8 Å². The maximum Gasteiger partial charge on any atom is 0.176 e. The molecule has 0 saturated heterocycles. The number of aromatic nitrogens is 5. The lowest BCUT2D eigenvalue weighted by atomic mass is 10.0. The summed E-state index contributed by atoms with van der Waals surface area (Å²) in [5, 5.41) is 14.3. The summed E-state index contributed by atoms with van der Waals surface area (Å²) in [6.07, 6.45) is 5.78. The zero-order valence-electron chi connectivity index (χ0n) is 9.35. The van der Waals surface area contributed by atoms with E-state index < -0.39 is 0 Å². The smallest absolute Gasteiger partial charge is 0.176 e. The highest BCUT2D eigenvalue weighted by molar-refractivity contribution is 5.59. The SMILES string of the molecule is C=CC[C@@H]1[C@@H]2Cc3c(-c4ncn[nH]4)n[nH]c3[C@H]12. The fourth-order valence-corrected chi connectivity index (χ4v) is 3.28. The van der Waals surface area contributed by atoms with Gasteiger partial charge in [0, 0.05) is 17.2 Å². The Kier molecular flexibility index (Phi) is 1.65. The molecule has 5 nitrogen and oxygen atoms in total. The minimum Gasteiger partial charge on any atom is -0.281 e. The minimum atomic E-state index is 0.673. The number of hydrogen-bond donors (Lipinski definition) is 2. The van der Waals surface area contributed by atoms with Crippen LogP contribution in [0.3, 0.4) is 0 Å². The van der Waals surface area contributed by atoms with Crippen molar-refractivity contribution in [3.05, 3.63) is 30.2 Å². The van der Waals surface area contributed by atoms with E-state index in [-0.39, 0.29) is 0 Å². The second-order valence-corrected chi connectivity index (χ2v) is 4.88. The van der Waals surface area contributed by atoms with Gasteiger partial charge in [-0.1, -0.05) is 6.08 Å². The molecular formula is C12H13N5. The van der Waals surface area contributed by atoms with Crippen molar-refractivity contribution in [2.24, 2.45) is 11.8 Å². The lowest BCUT2D eigenvalue weighted by molar-refractivity contribution is 0.702. The van der Waals surface area contributed by atoms with Crippen LogP contribution in [0.25, 0.3) is 11.5 Å². The molecule has 0 bridgehead atoms. The standard InChI is InChI=1S/C12H13N5/c1-2-3-6-7-4-8-10(9(6)7)15-16-11(8)12-13-5-14-17-12/h2,5-7,9H,1,3-4H2,(H,15,16)(H,13,14,17)/t6-,7+,9-/m1/s1. The Hall–Kier alpha value is -1.91. The summed E-state index contributed by atoms with van der Waals surface area (Å²) in [7, 11) is 0. The van der Waals surface area contributed by atoms with Crippen LogP contribution in [-0.2, 0) is 6.42 Å². The molecule has 2 aliphatic carbocycles. The fraction of sp³-hybridized carbons (Fsp3) is 0.417. The maximum absolute atomic E-state index is 4.37. The van der Waals surface area contributed by atoms with Gasteiger partial charge in [0.05, 0.1) is 0 Å². The minimum absolute atomic E-state index is 0.673. The summed E-state index contributed by atoms with van der Waals surface area (Å²) in [4.78, 5) is 4.17. The molecule has 3 atom stereocenters. The molecule has 1 fully saturated rings. The van der Waals surface area contributed by atoms with Gasteiger partial charge in [-0.05, 0) is 24.7 Å². The molecule has 0 unspecified atom stereocenters. The normalized spacial score (nSPS) is 28.8. The van der Waals surface area contributed by atoms with Gasteiger partial charge in [0.2, 0.25) is 0 Å². The molecule has 4 rings (SSSR count). The van der Waals surface area contributed by atoms with Crippen LogP contribution in [0.4, 0.5) is 0 Å². The maximum atomic E-state index is 4.37. The van der Waals surface area contributed by atoms with Crippen LogP contribution in [0, 0.1) is 11.8 Å². The summed E-state index contributed by atoms with van der Waals surface area (Å²) in [5.74, 6) is 3.01. The first-order valence-electron chi connectivity index (χ1n) is 5.94. The summed E-state index contributed by atoms with van der Waals surface area (Å²) in [6, 6.07) is 0. The third-order valence-electron chi connectivity index (χ3n) is 4.08. The van der Waals surface area contributed by atoms with Gasteiger partial charge in [-0.25, -0.2) is 4.98 Å². The first-order valence-corrected chi connectivity index (χ1v) is 5.94. The molecule has 2 aliphatic rings. The Bertz CT molecular complexity index is 568. The van der Waals surface area contributed by atoms with Crippen LogP contribution >= 0.6 is 0 Å². The quantitative estimate of drug-likeness (QED) is 0.783. The number of aromatic amines is 2. The number of H-pyrrole nitrogens is 2. The molecule has 17 heavy (non-hydrogen) atoms. The second kappa shape index (κ2) is 3.06. The number of allylic oxidation sites excluding steroid dienone is 1. The first kappa shape index (κ1) is 9.15. The second-order valence-electron chi connectivity index (χ2n) is 4.88. The molecule has 1 saturated carbocycles. The lowest BCUT2D eigenvalue weighted by Gasteiger charge is -2.00. The molecule has 2 heterocycles. The van der Waals surface area contributed by atoms with Crippen LogP contribution in [0.5, 0.6) is 0 Å². The van der Waals surface area contributed by atoms with Gasteiger partial charge in [-0.3, -0.25) is 10.2 Å². The molecule has 0 amide bonds. The molecule has 5 heteroatoms. The molecule has 0 aliphatic heterocycles. The Morgan fingerprint density at radius 3 is 3.18 bits per heavy atom. The Morgan fingerprint density at radius 1 is 1.47 bits per heavy atom. The van der Waals surface area contributed by atoms with E-state index in [1.54, 1.807) is 0 Å². The van der Waals surface area contributed by atoms with Gasteiger partial charge in [-0.2, -0.15) is 10.2 Å². The first-order chi connectivity index (χ1) is 8.40. The van der Waals surface area contributed by atoms with Crippen LogP contribution in [0.1, 0.15) is 23.6 Å². The van der Waals surface area contributed by atoms with Crippen molar-refractivity contribution < 1.29 is 0 Å². The van der Waals surface area contributed by atoms with Gasteiger partial charge in [-0.15, -0.1) is 6.58 Å². The van der Waals surface area contributed by atoms with Gasteiger partial charge in [0.15, 0.2) is 5.82 Å². The number of rotatable bonds is 3. The van der Waals surface area contributed by atoms with E-state index in [0.29, 0.717) is 5.92 Å². The van der Waals surface area contributed by atoms with E-state index in [0.717, 1.165) is 36.2 Å². The van der Waals surface area contributed by atoms with Crippen LogP contribution in [0.15, 0.2) is 19.0 Å². The predicted molar refractivity (Wildman–Crippen MR) is 62.2 cm³/mol. The van der Waals surface area contributed by atoms with Crippen molar-refractivity contribution >= 4 is 0 Å². The van der Waals surface area contributed by atoms with Crippen molar-refractivity contribution in [3.63, 3.8) is 0 Å². The van der Waals surface area contributed by atoms with Crippen LogP contribution in [-0.4, -0.2) is 25.4 Å². The summed E-state index contributed by atoms with van der Waals surface area (Å²) >= 11 is 0. The summed E-state index contributed by atoms with van der Waals surface area (Å²) in [6.45, 7) is 3.82. The third kappa shape index (κ3) is 1.11. The van der Waals surface area contributed by atoms with E-state index >= 15 is 0 Å². The largest absolute Gasteiger partial charge is 0.281 e. The van der Waals surface area contributed by atoms with Crippen molar-refractivity contribution in [3.8, 4) is 11.5 Å². The Morgan fingerprint density at radius 2 is 2.41 bits per heavy atom. The van der Waals surface area contributed by atoms with Crippen LogP contribution in [0.2, 0.25) is 0 Å². The van der Waals surface area contributed by atoms with Crippen molar-refractivity contribution in [1.82, 2.24) is 25.4 Å². The molecule has 0 radical (unpaired) electrons. The van der Waals surface area contributed by atoms with E-state index in [9.17, 15) is 0 Å². The zero-order valence-corrected chi connectivity index (χ0v) is 9.35. The monoisotopic (exact) mass is 227 g/mol. The molecular weight excluding hydrogens is 214 g/mol. The summed E-state index contributed by atoms with van der Waals surface area (Å²) in [5.41, 5.74) is 3.59. The summed E-state index contributed by atoms with van der Waals surface area (Å²) < 4.78 is 0. The van der Waals surface area contributed by atoms with E-state index in [2.05, 4.69) is 32.0 Å². The molecule has 2 aromatic heterocycles. The van der Waals surface area contributed by atoms with Crippen molar-refractivity contribution in [2.75, 3.05) is 0 Å². The molecule has 0 spiro atoms. The highest BCUT2D eigenvalue weighted by Crippen LogP contribution is 2.63. The Labute approximate surface area is 98.4 Å². The average molecular weight is 227 g/mol. The average Bonchev–Trinajstić information content (AvgIpc) is 2.82. The topological polar surface area (TPSA) is 70.2 Å². The number of nitrogens with zero attached hydrogens (tertiary/aromatic N) is 3. The molecule has 0 aromatic carbocycles. The van der Waals surface area contributed by atoms with Gasteiger partial charge in [0.1, 0.15) is 12.0 Å². The van der Waals surface area contributed by atoms with Crippen LogP contribution < -0.4 is 0 Å². The number of hydrogen-bond acceptors (Lipinski definition) is 3. The highest BCUT2D eigenvalue weighted by Gasteiger charge is 2.56. The molecule has 2 N–H and O–H groups in total. The van der Waals surface area contributed by atoms with Gasteiger partial charge in [0.25, 0.3) is 0 Å². The van der Waals surface area contributed by atoms with E-state index in [4.69, 9.17) is 0 Å².